The average molecular weight is 241 g/mol. The maximum atomic E-state index is 11.9. The monoisotopic (exact) mass is 241 g/mol. The third kappa shape index (κ3) is 3.34. The first-order valence-electron chi connectivity index (χ1n) is 4.34. The van der Waals surface area contributed by atoms with Crippen LogP contribution in [-0.4, -0.2) is 17.1 Å². The molecule has 0 fully saturated rings. The highest BCUT2D eigenvalue weighted by Crippen LogP contribution is 2.21. The van der Waals surface area contributed by atoms with E-state index in [9.17, 15) is 23.1 Å². The summed E-state index contributed by atoms with van der Waals surface area (Å²) >= 11 is 0. The van der Waals surface area contributed by atoms with E-state index in [1.54, 1.807) is 0 Å². The molecule has 0 amide bonds. The molecule has 0 spiro atoms. The number of carbonyl (C=O) groups excluding carboxylic acids is 1. The average Bonchev–Trinajstić information content (AvgIpc) is 2.27. The number of hydrogen-bond donors (Lipinski definition) is 1. The predicted octanol–water partition coefficient (Wildman–Crippen LogP) is 3.27. The lowest BCUT2D eigenvalue weighted by Crippen LogP contribution is -2.20. The quantitative estimate of drug-likeness (QED) is 0.490. The van der Waals surface area contributed by atoms with Crippen molar-refractivity contribution < 1.29 is 23.1 Å². The second-order valence-electron chi connectivity index (χ2n) is 3.05. The van der Waals surface area contributed by atoms with Crippen molar-refractivity contribution in [1.82, 2.24) is 0 Å². The predicted molar refractivity (Wildman–Crippen MR) is 54.4 cm³/mol. The van der Waals surface area contributed by atoms with Gasteiger partial charge in [-0.3, -0.25) is 4.79 Å². The van der Waals surface area contributed by atoms with Crippen molar-refractivity contribution >= 4 is 17.2 Å². The van der Waals surface area contributed by atoms with E-state index in [2.05, 4.69) is 4.85 Å². The molecule has 0 bridgehead atoms. The molecule has 0 unspecified atom stereocenters. The van der Waals surface area contributed by atoms with Crippen molar-refractivity contribution in [2.75, 3.05) is 0 Å². The molecule has 0 aliphatic rings. The molecule has 88 valence electrons. The molecule has 0 atom stereocenters. The summed E-state index contributed by atoms with van der Waals surface area (Å²) in [6, 6.07) is 5.15. The lowest BCUT2D eigenvalue weighted by Gasteiger charge is -2.03. The summed E-state index contributed by atoms with van der Waals surface area (Å²) in [5, 5.41) is 9.28. The SMILES string of the molecule is [C-]#[N+]c1ccc(/C(O)=C/C(=O)C(F)(F)F)cc1. The first-order chi connectivity index (χ1) is 7.84. The largest absolute Gasteiger partial charge is 0.507 e. The maximum absolute atomic E-state index is 11.9. The van der Waals surface area contributed by atoms with Gasteiger partial charge in [-0.25, -0.2) is 4.85 Å². The number of allylic oxidation sites excluding steroid dienone is 1. The minimum atomic E-state index is -5.01. The Morgan fingerprint density at radius 3 is 2.24 bits per heavy atom. The highest BCUT2D eigenvalue weighted by atomic mass is 19.4. The summed E-state index contributed by atoms with van der Waals surface area (Å²) < 4.78 is 35.7. The van der Waals surface area contributed by atoms with Gasteiger partial charge in [0.1, 0.15) is 5.76 Å². The van der Waals surface area contributed by atoms with Gasteiger partial charge < -0.3 is 5.11 Å². The zero-order chi connectivity index (χ0) is 13.1. The van der Waals surface area contributed by atoms with Gasteiger partial charge in [-0.15, -0.1) is 0 Å². The molecule has 0 aromatic heterocycles. The van der Waals surface area contributed by atoms with Crippen LogP contribution in [0.1, 0.15) is 5.56 Å². The lowest BCUT2D eigenvalue weighted by molar-refractivity contribution is -0.165. The first kappa shape index (κ1) is 12.8. The van der Waals surface area contributed by atoms with Gasteiger partial charge in [0.2, 0.25) is 0 Å². The number of ketones is 1. The molecule has 0 saturated heterocycles. The summed E-state index contributed by atoms with van der Waals surface area (Å²) in [7, 11) is 0. The number of rotatable bonds is 2. The van der Waals surface area contributed by atoms with Gasteiger partial charge in [0.15, 0.2) is 5.69 Å². The highest BCUT2D eigenvalue weighted by Gasteiger charge is 2.36. The number of hydrogen-bond acceptors (Lipinski definition) is 2. The Morgan fingerprint density at radius 2 is 1.82 bits per heavy atom. The van der Waals surface area contributed by atoms with Gasteiger partial charge in [0, 0.05) is 11.6 Å². The van der Waals surface area contributed by atoms with Crippen LogP contribution in [0.25, 0.3) is 10.6 Å². The third-order valence-electron chi connectivity index (χ3n) is 1.84. The number of halogens is 3. The molecule has 1 rings (SSSR count). The molecule has 1 aromatic rings. The Hall–Kier alpha value is -2.29. The van der Waals surface area contributed by atoms with E-state index in [-0.39, 0.29) is 17.3 Å². The van der Waals surface area contributed by atoms with Crippen molar-refractivity contribution in [2.45, 2.75) is 6.18 Å². The van der Waals surface area contributed by atoms with Crippen molar-refractivity contribution in [3.05, 3.63) is 47.3 Å². The fourth-order valence-electron chi connectivity index (χ4n) is 0.996. The molecule has 1 aromatic carbocycles. The Kier molecular flexibility index (Phi) is 3.53. The summed E-state index contributed by atoms with van der Waals surface area (Å²) in [5.41, 5.74) is 0.318. The molecule has 3 nitrogen and oxygen atoms in total. The van der Waals surface area contributed by atoms with Gasteiger partial charge in [-0.05, 0) is 0 Å². The zero-order valence-corrected chi connectivity index (χ0v) is 8.32. The topological polar surface area (TPSA) is 41.7 Å². The molecule has 17 heavy (non-hydrogen) atoms. The van der Waals surface area contributed by atoms with Crippen molar-refractivity contribution in [3.8, 4) is 0 Å². The van der Waals surface area contributed by atoms with Gasteiger partial charge in [-0.1, -0.05) is 24.3 Å². The second-order valence-corrected chi connectivity index (χ2v) is 3.05. The fourth-order valence-corrected chi connectivity index (χ4v) is 0.996. The molecule has 0 aliphatic carbocycles. The zero-order valence-electron chi connectivity index (χ0n) is 8.32. The van der Waals surface area contributed by atoms with E-state index in [0.29, 0.717) is 0 Å². The number of benzene rings is 1. The molecule has 6 heteroatoms. The van der Waals surface area contributed by atoms with Crippen LogP contribution in [-0.2, 0) is 4.79 Å². The van der Waals surface area contributed by atoms with E-state index >= 15 is 0 Å². The van der Waals surface area contributed by atoms with Crippen molar-refractivity contribution in [1.29, 1.82) is 0 Å². The number of alkyl halides is 3. The van der Waals surface area contributed by atoms with Crippen LogP contribution in [0.2, 0.25) is 0 Å². The minimum absolute atomic E-state index is 0.0370. The van der Waals surface area contributed by atoms with Gasteiger partial charge >= 0.3 is 6.18 Å². The number of aliphatic hydroxyl groups is 1. The van der Waals surface area contributed by atoms with E-state index in [4.69, 9.17) is 6.57 Å². The van der Waals surface area contributed by atoms with E-state index in [1.807, 2.05) is 0 Å². The molecular formula is C11H6F3NO2. The Labute approximate surface area is 94.6 Å². The maximum Gasteiger partial charge on any atom is 0.454 e. The molecule has 1 N–H and O–H groups in total. The summed E-state index contributed by atoms with van der Waals surface area (Å²) in [6.07, 6.45) is -4.91. The molecular weight excluding hydrogens is 235 g/mol. The number of aliphatic hydroxyl groups excluding tert-OH is 1. The van der Waals surface area contributed by atoms with E-state index in [0.717, 1.165) is 0 Å². The number of carbonyl (C=O) groups is 1. The van der Waals surface area contributed by atoms with Crippen LogP contribution in [0.5, 0.6) is 0 Å². The fraction of sp³-hybridized carbons (Fsp3) is 0.0909. The lowest BCUT2D eigenvalue weighted by atomic mass is 10.1. The third-order valence-corrected chi connectivity index (χ3v) is 1.84. The Bertz CT molecular complexity index is 495. The normalized spacial score (nSPS) is 12.0. The van der Waals surface area contributed by atoms with Crippen LogP contribution in [0.3, 0.4) is 0 Å². The van der Waals surface area contributed by atoms with Crippen LogP contribution in [0, 0.1) is 6.57 Å². The van der Waals surface area contributed by atoms with Gasteiger partial charge in [-0.2, -0.15) is 13.2 Å². The summed E-state index contributed by atoms with van der Waals surface area (Å²) in [6.45, 7) is 6.66. The molecule has 0 heterocycles. The standard InChI is InChI=1S/C11H6F3NO2/c1-15-8-4-2-7(3-5-8)9(16)6-10(17)11(12,13)14/h2-6,16H/b9-6-. The van der Waals surface area contributed by atoms with E-state index < -0.39 is 17.7 Å². The van der Waals surface area contributed by atoms with Crippen LogP contribution in [0.15, 0.2) is 30.3 Å². The van der Waals surface area contributed by atoms with Crippen molar-refractivity contribution in [3.63, 3.8) is 0 Å². The second kappa shape index (κ2) is 4.70. The number of nitrogens with zero attached hydrogens (tertiary/aromatic N) is 1. The van der Waals surface area contributed by atoms with Crippen LogP contribution in [0.4, 0.5) is 18.9 Å². The van der Waals surface area contributed by atoms with Crippen molar-refractivity contribution in [2.24, 2.45) is 0 Å². The molecule has 0 saturated carbocycles. The van der Waals surface area contributed by atoms with Crippen LogP contribution < -0.4 is 0 Å². The van der Waals surface area contributed by atoms with Crippen LogP contribution >= 0.6 is 0 Å². The van der Waals surface area contributed by atoms with Gasteiger partial charge in [0.25, 0.3) is 5.78 Å². The molecule has 0 radical (unpaired) electrons. The first-order valence-corrected chi connectivity index (χ1v) is 4.34. The Morgan fingerprint density at radius 1 is 1.29 bits per heavy atom. The van der Waals surface area contributed by atoms with E-state index in [1.165, 1.54) is 24.3 Å². The highest BCUT2D eigenvalue weighted by molar-refractivity contribution is 5.99. The minimum Gasteiger partial charge on any atom is -0.507 e. The summed E-state index contributed by atoms with van der Waals surface area (Å²) in [5.74, 6) is -2.92. The summed E-state index contributed by atoms with van der Waals surface area (Å²) in [4.78, 5) is 13.6. The molecule has 0 aliphatic heterocycles. The van der Waals surface area contributed by atoms with Gasteiger partial charge in [0.05, 0.1) is 6.57 Å². The smallest absolute Gasteiger partial charge is 0.454 e. The Balaban J connectivity index is 2.97.